The number of nitro benzene ring substituents is 2. The summed E-state index contributed by atoms with van der Waals surface area (Å²) in [5.41, 5.74) is 3.48. The molecule has 15 nitrogen and oxygen atoms in total. The van der Waals surface area contributed by atoms with Gasteiger partial charge in [-0.2, -0.15) is 16.8 Å². The maximum atomic E-state index is 11.6. The molecule has 0 fully saturated rings. The highest BCUT2D eigenvalue weighted by Gasteiger charge is 2.29. The van der Waals surface area contributed by atoms with E-state index in [0.29, 0.717) is 12.3 Å². The van der Waals surface area contributed by atoms with Crippen LogP contribution in [0.5, 0.6) is 0 Å². The van der Waals surface area contributed by atoms with E-state index in [-0.39, 0.29) is 5.69 Å². The highest BCUT2D eigenvalue weighted by molar-refractivity contribution is 7.86. The van der Waals surface area contributed by atoms with Crippen LogP contribution in [0.2, 0.25) is 0 Å². The molecule has 0 saturated heterocycles. The molecule has 1 atom stereocenters. The number of hydrogen-bond acceptors (Lipinski definition) is 12. The maximum absolute atomic E-state index is 11.6. The molecule has 0 aliphatic carbocycles. The fraction of sp³-hybridized carbons (Fsp3) is 0.462. The summed E-state index contributed by atoms with van der Waals surface area (Å²) in [4.78, 5) is 33.1. The number of amides is 1. The Morgan fingerprint density at radius 2 is 1.73 bits per heavy atom. The first-order valence-electron chi connectivity index (χ1n) is 7.80. The quantitative estimate of drug-likeness (QED) is 0.223. The van der Waals surface area contributed by atoms with Crippen molar-refractivity contribution in [2.45, 2.75) is 6.10 Å². The van der Waals surface area contributed by atoms with Crippen molar-refractivity contribution in [2.24, 2.45) is 5.73 Å². The van der Waals surface area contributed by atoms with Gasteiger partial charge < -0.3 is 10.6 Å². The van der Waals surface area contributed by atoms with Crippen molar-refractivity contribution >= 4 is 43.2 Å². The van der Waals surface area contributed by atoms with Crippen molar-refractivity contribution < 1.29 is 39.8 Å². The SMILES string of the molecule is CS(=O)(=O)OCCN(CC(OS(C)(=O)=O)C(N)=O)c1ccc([N+](=O)[O-])cc1[N+](=O)[O-]. The molecule has 0 aliphatic heterocycles. The molecule has 1 aromatic carbocycles. The topological polar surface area (TPSA) is 219 Å². The first-order valence-corrected chi connectivity index (χ1v) is 11.4. The minimum absolute atomic E-state index is 0.286. The zero-order chi connectivity index (χ0) is 23.3. The number of carbonyl (C=O) groups excluding carboxylic acids is 1. The third-order valence-corrected chi connectivity index (χ3v) is 4.54. The summed E-state index contributed by atoms with van der Waals surface area (Å²) in [6.07, 6.45) is -0.396. The number of anilines is 1. The summed E-state index contributed by atoms with van der Waals surface area (Å²) in [5.74, 6) is -1.22. The fourth-order valence-corrected chi connectivity index (χ4v) is 3.18. The monoisotopic (exact) mass is 470 g/mol. The molecule has 17 heteroatoms. The Kier molecular flexibility index (Phi) is 8.17. The standard InChI is InChI=1S/C13H18N4O11S2/c1-29(23,24)27-6-5-15(8-12(13(14)18)28-30(2,25)26)10-4-3-9(16(19)20)7-11(10)17(21)22/h3-4,7,12H,5-6,8H2,1-2H3,(H2,14,18). The average molecular weight is 470 g/mol. The second-order valence-corrected chi connectivity index (χ2v) is 9.10. The van der Waals surface area contributed by atoms with Gasteiger partial charge in [0.2, 0.25) is 5.91 Å². The second-order valence-electron chi connectivity index (χ2n) is 5.85. The summed E-state index contributed by atoms with van der Waals surface area (Å²) in [5, 5.41) is 22.3. The Bertz CT molecular complexity index is 1040. The van der Waals surface area contributed by atoms with E-state index in [1.54, 1.807) is 0 Å². The lowest BCUT2D eigenvalue weighted by Crippen LogP contribution is -2.44. The highest BCUT2D eigenvalue weighted by atomic mass is 32.2. The van der Waals surface area contributed by atoms with Crippen molar-refractivity contribution in [2.75, 3.05) is 37.1 Å². The minimum atomic E-state index is -4.16. The number of carbonyl (C=O) groups is 1. The van der Waals surface area contributed by atoms with Crippen molar-refractivity contribution in [3.63, 3.8) is 0 Å². The number of rotatable bonds is 12. The number of non-ortho nitro benzene ring substituents is 1. The zero-order valence-corrected chi connectivity index (χ0v) is 17.3. The molecule has 1 aromatic rings. The maximum Gasteiger partial charge on any atom is 0.299 e. The van der Waals surface area contributed by atoms with Gasteiger partial charge in [0.1, 0.15) is 5.69 Å². The van der Waals surface area contributed by atoms with Gasteiger partial charge in [-0.1, -0.05) is 0 Å². The Morgan fingerprint density at radius 3 is 2.17 bits per heavy atom. The normalized spacial score (nSPS) is 12.9. The van der Waals surface area contributed by atoms with Gasteiger partial charge in [0.15, 0.2) is 6.10 Å². The Hall–Kier alpha value is -2.89. The van der Waals surface area contributed by atoms with Crippen molar-refractivity contribution in [3.8, 4) is 0 Å². The summed E-state index contributed by atoms with van der Waals surface area (Å²) < 4.78 is 54.2. The van der Waals surface area contributed by atoms with Crippen molar-refractivity contribution in [1.29, 1.82) is 0 Å². The van der Waals surface area contributed by atoms with E-state index in [2.05, 4.69) is 8.37 Å². The first kappa shape index (κ1) is 25.1. The van der Waals surface area contributed by atoms with Crippen LogP contribution in [-0.2, 0) is 33.4 Å². The molecule has 168 valence electrons. The molecular formula is C13H18N4O11S2. The van der Waals surface area contributed by atoms with Gasteiger partial charge in [-0.15, -0.1) is 0 Å². The van der Waals surface area contributed by atoms with Crippen molar-refractivity contribution in [3.05, 3.63) is 38.4 Å². The van der Waals surface area contributed by atoms with Crippen LogP contribution in [0.4, 0.5) is 17.1 Å². The van der Waals surface area contributed by atoms with E-state index >= 15 is 0 Å². The molecule has 1 rings (SSSR count). The van der Waals surface area contributed by atoms with Crippen LogP contribution < -0.4 is 10.6 Å². The van der Waals surface area contributed by atoms with Crippen LogP contribution in [0.15, 0.2) is 18.2 Å². The minimum Gasteiger partial charge on any atom is -0.367 e. The number of nitrogens with two attached hydrogens (primary N) is 1. The second kappa shape index (κ2) is 9.74. The third kappa shape index (κ3) is 8.23. The third-order valence-electron chi connectivity index (χ3n) is 3.36. The molecule has 0 saturated carbocycles. The van der Waals surface area contributed by atoms with Gasteiger partial charge in [0.05, 0.1) is 41.6 Å². The van der Waals surface area contributed by atoms with E-state index in [1.807, 2.05) is 0 Å². The summed E-state index contributed by atoms with van der Waals surface area (Å²) in [6.45, 7) is -1.60. The number of nitrogens with zero attached hydrogens (tertiary/aromatic N) is 3. The molecule has 1 unspecified atom stereocenters. The summed E-state index contributed by atoms with van der Waals surface area (Å²) in [7, 11) is -8.05. The number of nitro groups is 2. The van der Waals surface area contributed by atoms with Gasteiger partial charge >= 0.3 is 0 Å². The summed E-state index contributed by atoms with van der Waals surface area (Å²) in [6, 6.07) is 2.56. The molecule has 1 amide bonds. The van der Waals surface area contributed by atoms with Crippen LogP contribution in [0.3, 0.4) is 0 Å². The van der Waals surface area contributed by atoms with Crippen LogP contribution in [0.25, 0.3) is 0 Å². The Labute approximate surface area is 170 Å². The van der Waals surface area contributed by atoms with E-state index in [4.69, 9.17) is 5.73 Å². The van der Waals surface area contributed by atoms with Gasteiger partial charge in [-0.25, -0.2) is 0 Å². The van der Waals surface area contributed by atoms with Crippen LogP contribution in [0.1, 0.15) is 0 Å². The van der Waals surface area contributed by atoms with Gasteiger partial charge in [0, 0.05) is 12.6 Å². The molecule has 0 heterocycles. The van der Waals surface area contributed by atoms with Gasteiger partial charge in [-0.3, -0.25) is 33.4 Å². The molecular weight excluding hydrogens is 452 g/mol. The largest absolute Gasteiger partial charge is 0.367 e. The molecule has 30 heavy (non-hydrogen) atoms. The van der Waals surface area contributed by atoms with Gasteiger partial charge in [-0.05, 0) is 6.07 Å². The predicted octanol–water partition coefficient (Wildman–Crippen LogP) is -0.884. The van der Waals surface area contributed by atoms with Crippen molar-refractivity contribution in [1.82, 2.24) is 0 Å². The molecule has 0 aliphatic rings. The number of primary amides is 1. The first-order chi connectivity index (χ1) is 13.6. The smallest absolute Gasteiger partial charge is 0.299 e. The molecule has 0 spiro atoms. The van der Waals surface area contributed by atoms with E-state index < -0.39 is 73.2 Å². The average Bonchev–Trinajstić information content (AvgIpc) is 2.57. The fourth-order valence-electron chi connectivity index (χ4n) is 2.23. The molecule has 2 N–H and O–H groups in total. The van der Waals surface area contributed by atoms with E-state index in [0.717, 1.165) is 23.3 Å². The predicted molar refractivity (Wildman–Crippen MR) is 102 cm³/mol. The van der Waals surface area contributed by atoms with E-state index in [9.17, 15) is 41.9 Å². The van der Waals surface area contributed by atoms with E-state index in [1.165, 1.54) is 0 Å². The number of hydrogen-bond donors (Lipinski definition) is 1. The van der Waals surface area contributed by atoms with Crippen LogP contribution in [-0.4, -0.2) is 70.9 Å². The lowest BCUT2D eigenvalue weighted by molar-refractivity contribution is -0.393. The molecule has 0 aromatic heterocycles. The zero-order valence-electron chi connectivity index (χ0n) is 15.7. The molecule has 0 radical (unpaired) electrons. The Morgan fingerprint density at radius 1 is 1.13 bits per heavy atom. The highest BCUT2D eigenvalue weighted by Crippen LogP contribution is 2.32. The molecule has 0 bridgehead atoms. The lowest BCUT2D eigenvalue weighted by atomic mass is 10.2. The van der Waals surface area contributed by atoms with Gasteiger partial charge in [0.25, 0.3) is 31.6 Å². The number of benzene rings is 1. The van der Waals surface area contributed by atoms with Crippen LogP contribution in [0, 0.1) is 20.2 Å². The lowest BCUT2D eigenvalue weighted by Gasteiger charge is -2.27. The van der Waals surface area contributed by atoms with Crippen LogP contribution >= 0.6 is 0 Å². The Balaban J connectivity index is 3.40. The summed E-state index contributed by atoms with van der Waals surface area (Å²) >= 11 is 0.